The fourth-order valence-electron chi connectivity index (χ4n) is 3.07. The Labute approximate surface area is 156 Å². The molecule has 1 aliphatic heterocycles. The van der Waals surface area contributed by atoms with Crippen molar-refractivity contribution in [3.63, 3.8) is 0 Å². The zero-order valence-corrected chi connectivity index (χ0v) is 14.9. The van der Waals surface area contributed by atoms with Crippen molar-refractivity contribution in [1.82, 2.24) is 9.88 Å². The third-order valence-electron chi connectivity index (χ3n) is 4.75. The molecular weight excluding hydrogens is 351 g/mol. The molecule has 7 nitrogen and oxygen atoms in total. The first-order chi connectivity index (χ1) is 12.8. The van der Waals surface area contributed by atoms with Crippen LogP contribution in [0.4, 0.5) is 14.9 Å². The zero-order chi connectivity index (χ0) is 19.6. The molecule has 0 radical (unpaired) electrons. The molecule has 0 unspecified atom stereocenters. The number of hydrogen-bond acceptors (Lipinski definition) is 4. The van der Waals surface area contributed by atoms with E-state index in [1.54, 1.807) is 17.2 Å². The van der Waals surface area contributed by atoms with Gasteiger partial charge in [0.25, 0.3) is 5.91 Å². The van der Waals surface area contributed by atoms with Gasteiger partial charge in [-0.05, 0) is 49.6 Å². The van der Waals surface area contributed by atoms with Crippen LogP contribution in [0.25, 0.3) is 0 Å². The highest BCUT2D eigenvalue weighted by Crippen LogP contribution is 2.31. The normalized spacial score (nSPS) is 16.0. The van der Waals surface area contributed by atoms with E-state index in [4.69, 9.17) is 5.73 Å². The number of aryl methyl sites for hydroxylation is 1. The van der Waals surface area contributed by atoms with E-state index in [1.165, 1.54) is 12.1 Å². The molecule has 1 aliphatic rings. The van der Waals surface area contributed by atoms with Crippen molar-refractivity contribution in [1.29, 1.82) is 0 Å². The second kappa shape index (κ2) is 7.32. The van der Waals surface area contributed by atoms with Gasteiger partial charge >= 0.3 is 6.03 Å². The molecule has 3 rings (SSSR count). The number of benzene rings is 1. The molecule has 0 aliphatic carbocycles. The first-order valence-corrected chi connectivity index (χ1v) is 8.59. The van der Waals surface area contributed by atoms with E-state index in [9.17, 15) is 19.1 Å². The number of carbonyl (C=O) groups is 2. The number of carbonyl (C=O) groups excluding carboxylic acids is 2. The minimum absolute atomic E-state index is 0.274. The van der Waals surface area contributed by atoms with E-state index in [-0.39, 0.29) is 11.3 Å². The molecular formula is C19H21FN4O3. The Morgan fingerprint density at radius 1 is 1.26 bits per heavy atom. The van der Waals surface area contributed by atoms with Crippen molar-refractivity contribution in [2.24, 2.45) is 5.73 Å². The van der Waals surface area contributed by atoms with Gasteiger partial charge in [-0.3, -0.25) is 9.78 Å². The average molecular weight is 372 g/mol. The number of hydrogen-bond donors (Lipinski definition) is 3. The molecule has 1 aromatic carbocycles. The Kier molecular flexibility index (Phi) is 5.09. The predicted octanol–water partition coefficient (Wildman–Crippen LogP) is 2.14. The number of nitrogens with one attached hydrogen (secondary N) is 1. The maximum absolute atomic E-state index is 13.5. The van der Waals surface area contributed by atoms with Gasteiger partial charge in [0.2, 0.25) is 0 Å². The van der Waals surface area contributed by atoms with Crippen LogP contribution >= 0.6 is 0 Å². The lowest BCUT2D eigenvalue weighted by molar-refractivity contribution is -0.0193. The van der Waals surface area contributed by atoms with Gasteiger partial charge in [0.1, 0.15) is 11.4 Å². The molecule has 1 fully saturated rings. The van der Waals surface area contributed by atoms with Gasteiger partial charge in [-0.15, -0.1) is 0 Å². The van der Waals surface area contributed by atoms with E-state index < -0.39 is 23.4 Å². The molecule has 2 aromatic rings. The largest absolute Gasteiger partial charge is 0.383 e. The molecule has 4 N–H and O–H groups in total. The smallest absolute Gasteiger partial charge is 0.321 e. The molecule has 8 heteroatoms. The lowest BCUT2D eigenvalue weighted by Crippen LogP contribution is -2.47. The maximum atomic E-state index is 13.5. The summed E-state index contributed by atoms with van der Waals surface area (Å²) in [6.07, 6.45) is 2.41. The van der Waals surface area contributed by atoms with Gasteiger partial charge in [0.15, 0.2) is 0 Å². The number of nitrogens with two attached hydrogens (primary N) is 1. The van der Waals surface area contributed by atoms with E-state index in [2.05, 4.69) is 10.3 Å². The fourth-order valence-corrected chi connectivity index (χ4v) is 3.07. The highest BCUT2D eigenvalue weighted by Gasteiger charge is 2.36. The summed E-state index contributed by atoms with van der Waals surface area (Å²) in [5, 5.41) is 13.5. The van der Waals surface area contributed by atoms with Gasteiger partial charge < -0.3 is 21.1 Å². The fraction of sp³-hybridized carbons (Fsp3) is 0.316. The van der Waals surface area contributed by atoms with E-state index >= 15 is 0 Å². The number of aromatic nitrogens is 1. The molecule has 1 saturated heterocycles. The number of aliphatic hydroxyl groups is 1. The monoisotopic (exact) mass is 372 g/mol. The number of primary amides is 1. The molecule has 0 atom stereocenters. The van der Waals surface area contributed by atoms with Crippen molar-refractivity contribution in [3.8, 4) is 0 Å². The van der Waals surface area contributed by atoms with Gasteiger partial charge in [-0.25, -0.2) is 9.18 Å². The van der Waals surface area contributed by atoms with Crippen molar-refractivity contribution >= 4 is 17.6 Å². The van der Waals surface area contributed by atoms with Crippen LogP contribution in [0, 0.1) is 12.7 Å². The molecule has 2 heterocycles. The third-order valence-corrected chi connectivity index (χ3v) is 4.75. The number of amides is 3. The molecule has 0 spiro atoms. The molecule has 27 heavy (non-hydrogen) atoms. The molecule has 3 amide bonds. The number of halogens is 1. The van der Waals surface area contributed by atoms with Crippen LogP contribution in [0.3, 0.4) is 0 Å². The summed E-state index contributed by atoms with van der Waals surface area (Å²) >= 11 is 0. The Bertz CT molecular complexity index is 862. The van der Waals surface area contributed by atoms with Crippen LogP contribution in [0.1, 0.15) is 34.5 Å². The molecule has 1 aromatic heterocycles. The Balaban J connectivity index is 1.64. The van der Waals surface area contributed by atoms with Crippen molar-refractivity contribution < 1.29 is 19.1 Å². The second-order valence-corrected chi connectivity index (χ2v) is 6.73. The number of piperidine rings is 1. The number of nitrogens with zero attached hydrogens (tertiary/aromatic N) is 2. The van der Waals surface area contributed by atoms with Crippen molar-refractivity contribution in [2.45, 2.75) is 25.4 Å². The number of anilines is 1. The number of rotatable bonds is 3. The minimum atomic E-state index is -1.07. The number of urea groups is 1. The summed E-state index contributed by atoms with van der Waals surface area (Å²) in [6.45, 7) is 2.59. The summed E-state index contributed by atoms with van der Waals surface area (Å²) in [7, 11) is 0. The summed E-state index contributed by atoms with van der Waals surface area (Å²) in [5.41, 5.74) is 5.64. The number of pyridine rings is 1. The van der Waals surface area contributed by atoms with E-state index in [0.29, 0.717) is 31.6 Å². The summed E-state index contributed by atoms with van der Waals surface area (Å²) in [5.74, 6) is -1.65. The van der Waals surface area contributed by atoms with Crippen LogP contribution in [-0.4, -0.2) is 40.0 Å². The highest BCUT2D eigenvalue weighted by atomic mass is 19.1. The van der Waals surface area contributed by atoms with E-state index in [0.717, 1.165) is 11.6 Å². The summed E-state index contributed by atoms with van der Waals surface area (Å²) in [4.78, 5) is 29.5. The molecule has 0 saturated carbocycles. The van der Waals surface area contributed by atoms with Crippen molar-refractivity contribution in [2.75, 3.05) is 18.4 Å². The van der Waals surface area contributed by atoms with Gasteiger partial charge in [-0.1, -0.05) is 6.07 Å². The van der Waals surface area contributed by atoms with E-state index in [1.807, 2.05) is 13.0 Å². The minimum Gasteiger partial charge on any atom is -0.383 e. The Morgan fingerprint density at radius 3 is 2.56 bits per heavy atom. The first kappa shape index (κ1) is 18.8. The van der Waals surface area contributed by atoms with Crippen LogP contribution in [0.2, 0.25) is 0 Å². The van der Waals surface area contributed by atoms with Crippen molar-refractivity contribution in [3.05, 3.63) is 59.2 Å². The average Bonchev–Trinajstić information content (AvgIpc) is 2.64. The SMILES string of the molecule is Cc1ccc(C2(O)CCN(C(=O)Nc3ccc(F)c(C(N)=O)c3)CC2)nc1. The summed E-state index contributed by atoms with van der Waals surface area (Å²) < 4.78 is 13.5. The maximum Gasteiger partial charge on any atom is 0.321 e. The molecule has 142 valence electrons. The van der Waals surface area contributed by atoms with Gasteiger partial charge in [-0.2, -0.15) is 0 Å². The third kappa shape index (κ3) is 4.06. The van der Waals surface area contributed by atoms with Gasteiger partial charge in [0.05, 0.1) is 11.3 Å². The van der Waals surface area contributed by atoms with Crippen LogP contribution in [-0.2, 0) is 5.60 Å². The Morgan fingerprint density at radius 2 is 1.96 bits per heavy atom. The second-order valence-electron chi connectivity index (χ2n) is 6.73. The predicted molar refractivity (Wildman–Crippen MR) is 97.6 cm³/mol. The topological polar surface area (TPSA) is 109 Å². The van der Waals surface area contributed by atoms with Crippen LogP contribution in [0.15, 0.2) is 36.5 Å². The summed E-state index contributed by atoms with van der Waals surface area (Å²) in [6, 6.07) is 6.94. The van der Waals surface area contributed by atoms with Crippen LogP contribution in [0.5, 0.6) is 0 Å². The molecule has 0 bridgehead atoms. The van der Waals surface area contributed by atoms with Gasteiger partial charge in [0, 0.05) is 25.0 Å². The Hall–Kier alpha value is -3.00. The lowest BCUT2D eigenvalue weighted by Gasteiger charge is -2.37. The quantitative estimate of drug-likeness (QED) is 0.767. The standard InChI is InChI=1S/C19H21FN4O3/c1-12-2-5-16(22-11-12)19(27)6-8-24(9-7-19)18(26)23-13-3-4-15(20)14(10-13)17(21)25/h2-5,10-11,27H,6-9H2,1H3,(H2,21,25)(H,23,26). The zero-order valence-electron chi connectivity index (χ0n) is 14.9. The van der Waals surface area contributed by atoms with Crippen LogP contribution < -0.4 is 11.1 Å². The highest BCUT2D eigenvalue weighted by molar-refractivity contribution is 5.96. The number of likely N-dealkylation sites (tertiary alicyclic amines) is 1. The first-order valence-electron chi connectivity index (χ1n) is 8.59. The lowest BCUT2D eigenvalue weighted by atomic mass is 9.87.